The molecule has 100 valence electrons. The summed E-state index contributed by atoms with van der Waals surface area (Å²) in [6.45, 7) is 0.971. The first-order valence-electron chi connectivity index (χ1n) is 7.36. The van der Waals surface area contributed by atoms with Crippen LogP contribution in [-0.2, 0) is 4.79 Å². The fourth-order valence-electron chi connectivity index (χ4n) is 2.86. The Kier molecular flexibility index (Phi) is 3.67. The molecule has 0 bridgehead atoms. The fraction of sp³-hybridized carbons (Fsp3) is 0.471. The van der Waals surface area contributed by atoms with Crippen molar-refractivity contribution in [1.82, 2.24) is 4.90 Å². The van der Waals surface area contributed by atoms with E-state index in [9.17, 15) is 4.79 Å². The van der Waals surface area contributed by atoms with Crippen molar-refractivity contribution in [3.8, 4) is 0 Å². The van der Waals surface area contributed by atoms with Gasteiger partial charge in [-0.15, -0.1) is 0 Å². The third kappa shape index (κ3) is 3.06. The number of nitrogens with zero attached hydrogens (tertiary/aromatic N) is 1. The van der Waals surface area contributed by atoms with E-state index in [0.29, 0.717) is 17.9 Å². The van der Waals surface area contributed by atoms with Gasteiger partial charge in [-0.2, -0.15) is 0 Å². The smallest absolute Gasteiger partial charge is 0.225 e. The zero-order chi connectivity index (χ0) is 13.1. The van der Waals surface area contributed by atoms with Crippen LogP contribution in [0.5, 0.6) is 0 Å². The van der Waals surface area contributed by atoms with Gasteiger partial charge in [0, 0.05) is 18.5 Å². The molecule has 0 spiro atoms. The molecule has 1 heterocycles. The standard InChI is InChI=1S/C17H21NO/c19-17(15-11-12-15)18-13-5-10-16(18)9-4-8-14-6-2-1-3-7-14/h1-4,6-8,15-16H,5,9-13H2/b8-4+. The van der Waals surface area contributed by atoms with E-state index in [2.05, 4.69) is 41.3 Å². The van der Waals surface area contributed by atoms with Gasteiger partial charge in [0.1, 0.15) is 0 Å². The predicted octanol–water partition coefficient (Wildman–Crippen LogP) is 3.49. The lowest BCUT2D eigenvalue weighted by Gasteiger charge is -2.23. The Morgan fingerprint density at radius 1 is 1.21 bits per heavy atom. The predicted molar refractivity (Wildman–Crippen MR) is 77.6 cm³/mol. The number of hydrogen-bond donors (Lipinski definition) is 0. The molecule has 1 unspecified atom stereocenters. The lowest BCUT2D eigenvalue weighted by atomic mass is 10.1. The molecule has 1 aromatic carbocycles. The van der Waals surface area contributed by atoms with Gasteiger partial charge in [0.05, 0.1) is 0 Å². The lowest BCUT2D eigenvalue weighted by Crippen LogP contribution is -2.36. The largest absolute Gasteiger partial charge is 0.339 e. The summed E-state index contributed by atoms with van der Waals surface area (Å²) < 4.78 is 0. The summed E-state index contributed by atoms with van der Waals surface area (Å²) in [5.74, 6) is 0.773. The second-order valence-electron chi connectivity index (χ2n) is 5.65. The SMILES string of the molecule is O=C(C1CC1)N1CCCC1C/C=C/c1ccccc1. The molecule has 2 nitrogen and oxygen atoms in total. The number of amides is 1. The van der Waals surface area contributed by atoms with Crippen LogP contribution in [0.1, 0.15) is 37.7 Å². The van der Waals surface area contributed by atoms with Gasteiger partial charge in [0.25, 0.3) is 0 Å². The van der Waals surface area contributed by atoms with E-state index in [0.717, 1.165) is 32.2 Å². The molecule has 2 aliphatic rings. The highest BCUT2D eigenvalue weighted by atomic mass is 16.2. The van der Waals surface area contributed by atoms with Crippen LogP contribution in [0.3, 0.4) is 0 Å². The molecule has 0 radical (unpaired) electrons. The summed E-state index contributed by atoms with van der Waals surface area (Å²) in [7, 11) is 0. The Hall–Kier alpha value is -1.57. The molecule has 1 aromatic rings. The van der Waals surface area contributed by atoms with Gasteiger partial charge in [-0.3, -0.25) is 4.79 Å². The van der Waals surface area contributed by atoms with Gasteiger partial charge in [-0.05, 0) is 37.7 Å². The van der Waals surface area contributed by atoms with Crippen molar-refractivity contribution in [3.05, 3.63) is 42.0 Å². The van der Waals surface area contributed by atoms with Gasteiger partial charge in [-0.25, -0.2) is 0 Å². The second kappa shape index (κ2) is 5.60. The van der Waals surface area contributed by atoms with Gasteiger partial charge in [0.15, 0.2) is 0 Å². The zero-order valence-corrected chi connectivity index (χ0v) is 11.3. The quantitative estimate of drug-likeness (QED) is 0.806. The van der Waals surface area contributed by atoms with Gasteiger partial charge in [-0.1, -0.05) is 42.5 Å². The van der Waals surface area contributed by atoms with Crippen LogP contribution in [0.25, 0.3) is 6.08 Å². The second-order valence-corrected chi connectivity index (χ2v) is 5.65. The number of likely N-dealkylation sites (tertiary alicyclic amines) is 1. The fourth-order valence-corrected chi connectivity index (χ4v) is 2.86. The number of rotatable bonds is 4. The molecule has 3 rings (SSSR count). The van der Waals surface area contributed by atoms with Crippen molar-refractivity contribution in [1.29, 1.82) is 0 Å². The maximum Gasteiger partial charge on any atom is 0.225 e. The Morgan fingerprint density at radius 3 is 2.74 bits per heavy atom. The zero-order valence-electron chi connectivity index (χ0n) is 11.3. The van der Waals surface area contributed by atoms with E-state index in [4.69, 9.17) is 0 Å². The Balaban J connectivity index is 1.56. The van der Waals surface area contributed by atoms with Crippen LogP contribution in [0.15, 0.2) is 36.4 Å². The van der Waals surface area contributed by atoms with Crippen LogP contribution in [0, 0.1) is 5.92 Å². The van der Waals surface area contributed by atoms with Gasteiger partial charge >= 0.3 is 0 Å². The summed E-state index contributed by atoms with van der Waals surface area (Å²) in [6.07, 6.45) is 9.94. The average molecular weight is 255 g/mol. The molecular weight excluding hydrogens is 234 g/mol. The highest BCUT2D eigenvalue weighted by Gasteiger charge is 2.37. The molecule has 0 aromatic heterocycles. The van der Waals surface area contributed by atoms with Crippen LogP contribution >= 0.6 is 0 Å². The molecule has 1 saturated carbocycles. The summed E-state index contributed by atoms with van der Waals surface area (Å²) in [4.78, 5) is 14.3. The first kappa shape index (κ1) is 12.5. The number of benzene rings is 1. The first-order chi connectivity index (χ1) is 9.34. The summed E-state index contributed by atoms with van der Waals surface area (Å²) in [6, 6.07) is 10.8. The molecular formula is C17H21NO. The van der Waals surface area contributed by atoms with E-state index < -0.39 is 0 Å². The Bertz CT molecular complexity index is 461. The highest BCUT2D eigenvalue weighted by Crippen LogP contribution is 2.34. The Morgan fingerprint density at radius 2 is 2.00 bits per heavy atom. The third-order valence-corrected chi connectivity index (χ3v) is 4.10. The topological polar surface area (TPSA) is 20.3 Å². The van der Waals surface area contributed by atoms with E-state index >= 15 is 0 Å². The van der Waals surface area contributed by atoms with Crippen molar-refractivity contribution in [2.24, 2.45) is 5.92 Å². The third-order valence-electron chi connectivity index (χ3n) is 4.10. The molecule has 2 heteroatoms. The molecule has 1 amide bonds. The van der Waals surface area contributed by atoms with E-state index in [1.165, 1.54) is 12.0 Å². The average Bonchev–Trinajstić information content (AvgIpc) is 3.19. The summed E-state index contributed by atoms with van der Waals surface area (Å²) in [5.41, 5.74) is 1.24. The normalized spacial score (nSPS) is 23.2. The van der Waals surface area contributed by atoms with Crippen molar-refractivity contribution < 1.29 is 4.79 Å². The van der Waals surface area contributed by atoms with Crippen molar-refractivity contribution in [3.63, 3.8) is 0 Å². The molecule has 19 heavy (non-hydrogen) atoms. The summed E-state index contributed by atoms with van der Waals surface area (Å²) >= 11 is 0. The van der Waals surface area contributed by atoms with Crippen LogP contribution in [0.2, 0.25) is 0 Å². The summed E-state index contributed by atoms with van der Waals surface area (Å²) in [5, 5.41) is 0. The Labute approximate surface area is 115 Å². The van der Waals surface area contributed by atoms with E-state index in [1.54, 1.807) is 0 Å². The minimum absolute atomic E-state index is 0.360. The number of carbonyl (C=O) groups is 1. The van der Waals surface area contributed by atoms with Crippen LogP contribution in [0.4, 0.5) is 0 Å². The maximum absolute atomic E-state index is 12.2. The van der Waals surface area contributed by atoms with E-state index in [-0.39, 0.29) is 0 Å². The van der Waals surface area contributed by atoms with Crippen molar-refractivity contribution in [2.45, 2.75) is 38.1 Å². The minimum Gasteiger partial charge on any atom is -0.339 e. The van der Waals surface area contributed by atoms with Gasteiger partial charge < -0.3 is 4.90 Å². The molecule has 2 fully saturated rings. The van der Waals surface area contributed by atoms with Crippen LogP contribution < -0.4 is 0 Å². The van der Waals surface area contributed by atoms with Crippen LogP contribution in [-0.4, -0.2) is 23.4 Å². The number of hydrogen-bond acceptors (Lipinski definition) is 1. The monoisotopic (exact) mass is 255 g/mol. The molecule has 1 aliphatic heterocycles. The number of carbonyl (C=O) groups excluding carboxylic acids is 1. The molecule has 0 N–H and O–H groups in total. The first-order valence-corrected chi connectivity index (χ1v) is 7.36. The van der Waals surface area contributed by atoms with Crippen molar-refractivity contribution >= 4 is 12.0 Å². The highest BCUT2D eigenvalue weighted by molar-refractivity contribution is 5.81. The molecule has 1 atom stereocenters. The molecule has 1 saturated heterocycles. The molecule has 1 aliphatic carbocycles. The minimum atomic E-state index is 0.360. The lowest BCUT2D eigenvalue weighted by molar-refractivity contribution is -0.133. The van der Waals surface area contributed by atoms with Gasteiger partial charge in [0.2, 0.25) is 5.91 Å². The van der Waals surface area contributed by atoms with E-state index in [1.807, 2.05) is 6.07 Å². The van der Waals surface area contributed by atoms with Crippen molar-refractivity contribution in [2.75, 3.05) is 6.54 Å². The maximum atomic E-state index is 12.2.